The number of carbonyl (C=O) groups is 3. The number of rotatable bonds is 19. The van der Waals surface area contributed by atoms with Gasteiger partial charge < -0.3 is 46.1 Å². The van der Waals surface area contributed by atoms with Crippen LogP contribution in [0.1, 0.15) is 107 Å². The molecule has 6 N–H and O–H groups in total. The summed E-state index contributed by atoms with van der Waals surface area (Å²) in [4.78, 5) is 62.5. The van der Waals surface area contributed by atoms with Crippen LogP contribution < -0.4 is 31.3 Å². The first kappa shape index (κ1) is 57.2. The average molecular weight is 1150 g/mol. The summed E-state index contributed by atoms with van der Waals surface area (Å²) < 4.78 is 30.6. The summed E-state index contributed by atoms with van der Waals surface area (Å²) in [7, 11) is 0. The first-order chi connectivity index (χ1) is 38.4. The standard InChI is InChI=1S/C59H71ClFN11O6S2/c1-32-12-19-41(47-43(26-62)54(63)80-51(32)47)48-44(60)25-42-50(49(48)61)68-58(69-55(42)71-27-37-17-18-38(28-71)66-37)78-30-39-10-7-20-70(39)21-9-23-77-22-8-11-46(74)67-53(59(4,5)6)57(76)72-29-40(73)24-45(72)56(75)65-33(2)35-13-15-36(16-14-35)52-34(3)64-31-79-52/h12-16,19,25,31,33,37-40,45,53,66,73H,7-11,17-18,20-24,27-30,63H2,1-6H3,(H,65,75)(H,67,74)/t33-,37?,38?,39-,40+,45-,53+/m0/s1. The minimum atomic E-state index is -0.929. The van der Waals surface area contributed by atoms with Crippen LogP contribution >= 0.6 is 34.3 Å². The Morgan fingerprint density at radius 2 is 1.79 bits per heavy atom. The third kappa shape index (κ3) is 12.1. The van der Waals surface area contributed by atoms with Crippen molar-refractivity contribution in [2.45, 2.75) is 135 Å². The van der Waals surface area contributed by atoms with Gasteiger partial charge in [0.2, 0.25) is 17.7 Å². The van der Waals surface area contributed by atoms with Gasteiger partial charge in [-0.25, -0.2) is 9.37 Å². The number of anilines is 2. The second kappa shape index (κ2) is 24.2. The van der Waals surface area contributed by atoms with Crippen molar-refractivity contribution in [1.29, 1.82) is 5.26 Å². The number of hydrogen-bond donors (Lipinski definition) is 5. The number of nitrogen functional groups attached to an aromatic ring is 1. The minimum Gasteiger partial charge on any atom is -0.462 e. The largest absolute Gasteiger partial charge is 0.462 e. The normalized spacial score (nSPS) is 21.1. The number of fused-ring (bicyclic) bond motifs is 4. The van der Waals surface area contributed by atoms with E-state index in [1.54, 1.807) is 23.5 Å². The number of nitrogens with two attached hydrogens (primary N) is 1. The Balaban J connectivity index is 0.718. The molecule has 7 heterocycles. The smallest absolute Gasteiger partial charge is 0.319 e. The maximum Gasteiger partial charge on any atom is 0.319 e. The van der Waals surface area contributed by atoms with Gasteiger partial charge in [-0.1, -0.05) is 68.8 Å². The Hall–Kier alpha value is -6.05. The Morgan fingerprint density at radius 1 is 1.04 bits per heavy atom. The van der Waals surface area contributed by atoms with Gasteiger partial charge in [0, 0.05) is 91.4 Å². The second-order valence-electron chi connectivity index (χ2n) is 23.0. The van der Waals surface area contributed by atoms with Gasteiger partial charge in [0.15, 0.2) is 5.82 Å². The number of nitriles is 1. The minimum absolute atomic E-state index is 0.0105. The summed E-state index contributed by atoms with van der Waals surface area (Å²) in [5.41, 5.74) is 12.3. The number of halogens is 2. The molecule has 0 aliphatic carbocycles. The van der Waals surface area contributed by atoms with E-state index in [-0.39, 0.29) is 77.5 Å². The lowest BCUT2D eigenvalue weighted by molar-refractivity contribution is -0.144. The lowest BCUT2D eigenvalue weighted by atomic mass is 9.85. The van der Waals surface area contributed by atoms with Crippen LogP contribution in [0.2, 0.25) is 5.02 Å². The highest BCUT2D eigenvalue weighted by molar-refractivity contribution is 7.23. The van der Waals surface area contributed by atoms with Crippen molar-refractivity contribution < 1.29 is 33.4 Å². The number of ether oxygens (including phenoxy) is 2. The molecule has 2 bridgehead atoms. The number of aryl methyl sites for hydroxylation is 2. The lowest BCUT2D eigenvalue weighted by Crippen LogP contribution is -2.57. The van der Waals surface area contributed by atoms with Gasteiger partial charge in [-0.3, -0.25) is 19.3 Å². The third-order valence-corrected chi connectivity index (χ3v) is 18.6. The number of nitrogens with one attached hydrogen (secondary N) is 3. The number of hydrogen-bond acceptors (Lipinski definition) is 16. The highest BCUT2D eigenvalue weighted by atomic mass is 35.5. The molecule has 4 fully saturated rings. The molecule has 3 aromatic carbocycles. The fourth-order valence-corrected chi connectivity index (χ4v) is 14.1. The van der Waals surface area contributed by atoms with E-state index >= 15 is 4.39 Å². The zero-order chi connectivity index (χ0) is 56.6. The SMILES string of the molecule is Cc1ncsc1-c1ccc([C@H](C)NC(=O)[C@@H]2C[C@@H](O)CN2C(=O)[C@@H](NC(=O)CCCOCCCN2CCC[C@H]2COc2nc(N3CC4CCC(C3)N4)c3cc(Cl)c(-c4ccc(C)c5sc(N)c(C#N)c45)c(F)c3n2)C(C)(C)C)cc1. The molecule has 80 heavy (non-hydrogen) atoms. The van der Waals surface area contributed by atoms with E-state index in [0.29, 0.717) is 72.0 Å². The number of aliphatic hydroxyl groups excluding tert-OH is 1. The molecule has 4 aliphatic rings. The number of piperazine rings is 1. The molecule has 2 unspecified atom stereocenters. The average Bonchev–Trinajstić information content (AvgIpc) is 4.39. The molecule has 0 radical (unpaired) electrons. The Bertz CT molecular complexity index is 3310. The van der Waals surface area contributed by atoms with E-state index < -0.39 is 35.3 Å². The van der Waals surface area contributed by atoms with E-state index in [4.69, 9.17) is 36.8 Å². The van der Waals surface area contributed by atoms with Crippen molar-refractivity contribution in [3.63, 3.8) is 0 Å². The number of likely N-dealkylation sites (tertiary alicyclic amines) is 2. The van der Waals surface area contributed by atoms with Crippen LogP contribution in [0.15, 0.2) is 48.0 Å². The van der Waals surface area contributed by atoms with Crippen molar-refractivity contribution in [3.8, 4) is 33.6 Å². The van der Waals surface area contributed by atoms with Crippen molar-refractivity contribution in [2.75, 3.05) is 63.2 Å². The highest BCUT2D eigenvalue weighted by Crippen LogP contribution is 2.46. The first-order valence-electron chi connectivity index (χ1n) is 27.8. The van der Waals surface area contributed by atoms with Crippen LogP contribution in [0.4, 0.5) is 15.2 Å². The molecule has 21 heteroatoms. The molecule has 0 spiro atoms. The molecule has 17 nitrogen and oxygen atoms in total. The summed E-state index contributed by atoms with van der Waals surface area (Å²) >= 11 is 9.92. The molecular weight excluding hydrogens is 1080 g/mol. The molecule has 0 saturated carbocycles. The van der Waals surface area contributed by atoms with Crippen molar-refractivity contribution in [2.24, 2.45) is 5.41 Å². The topological polar surface area (TPSA) is 224 Å². The van der Waals surface area contributed by atoms with Gasteiger partial charge in [0.25, 0.3) is 0 Å². The molecule has 10 rings (SSSR count). The van der Waals surface area contributed by atoms with Crippen molar-refractivity contribution in [3.05, 3.63) is 81.2 Å². The third-order valence-electron chi connectivity index (χ3n) is 16.2. The van der Waals surface area contributed by atoms with Gasteiger partial charge in [0.05, 0.1) is 38.8 Å². The molecule has 4 aliphatic heterocycles. The summed E-state index contributed by atoms with van der Waals surface area (Å²) in [5, 5.41) is 32.1. The van der Waals surface area contributed by atoms with Crippen LogP contribution in [-0.4, -0.2) is 136 Å². The summed E-state index contributed by atoms with van der Waals surface area (Å²) in [5.74, 6) is -1.11. The van der Waals surface area contributed by atoms with Gasteiger partial charge >= 0.3 is 6.01 Å². The number of amides is 3. The Labute approximate surface area is 479 Å². The zero-order valence-corrected chi connectivity index (χ0v) is 48.6. The molecule has 424 valence electrons. The van der Waals surface area contributed by atoms with E-state index in [9.17, 15) is 24.8 Å². The van der Waals surface area contributed by atoms with Gasteiger partial charge in [0.1, 0.15) is 41.1 Å². The number of thiophene rings is 1. The highest BCUT2D eigenvalue weighted by Gasteiger charge is 2.45. The van der Waals surface area contributed by atoms with Crippen molar-refractivity contribution in [1.82, 2.24) is 40.7 Å². The van der Waals surface area contributed by atoms with E-state index in [2.05, 4.69) is 36.8 Å². The van der Waals surface area contributed by atoms with Crippen LogP contribution in [-0.2, 0) is 19.1 Å². The number of aliphatic hydroxyl groups is 1. The summed E-state index contributed by atoms with van der Waals surface area (Å²) in [6, 6.07) is 14.2. The number of nitrogens with zero attached hydrogens (tertiary/aromatic N) is 7. The van der Waals surface area contributed by atoms with E-state index in [0.717, 1.165) is 77.2 Å². The first-order valence-corrected chi connectivity index (χ1v) is 29.9. The quantitative estimate of drug-likeness (QED) is 0.0478. The van der Waals surface area contributed by atoms with E-state index in [1.165, 1.54) is 16.2 Å². The summed E-state index contributed by atoms with van der Waals surface area (Å²) in [6.45, 7) is 15.6. The zero-order valence-electron chi connectivity index (χ0n) is 46.2. The molecule has 4 saturated heterocycles. The van der Waals surface area contributed by atoms with Crippen LogP contribution in [0.25, 0.3) is 42.6 Å². The summed E-state index contributed by atoms with van der Waals surface area (Å²) in [6.07, 6.45) is 4.56. The number of β-amino-alcohol motifs (C(OH)–C–C–N with tert-alkyl or cyclic N) is 1. The molecular formula is C59H71ClFN11O6S2. The maximum absolute atomic E-state index is 17.4. The Morgan fingerprint density at radius 3 is 2.50 bits per heavy atom. The predicted molar refractivity (Wildman–Crippen MR) is 312 cm³/mol. The van der Waals surface area contributed by atoms with E-state index in [1.807, 2.05) is 77.4 Å². The fraction of sp³-hybridized carbons (Fsp3) is 0.508. The number of thiazole rings is 1. The van der Waals surface area contributed by atoms with Crippen LogP contribution in [0.5, 0.6) is 6.01 Å². The lowest BCUT2D eigenvalue weighted by Gasteiger charge is -2.35. The van der Waals surface area contributed by atoms with Crippen LogP contribution in [0, 0.1) is 36.4 Å². The number of benzene rings is 3. The monoisotopic (exact) mass is 1150 g/mol. The number of carbonyl (C=O) groups excluding carboxylic acids is 3. The van der Waals surface area contributed by atoms with Gasteiger partial charge in [-0.15, -0.1) is 22.7 Å². The Kier molecular flexibility index (Phi) is 17.3. The van der Waals surface area contributed by atoms with Gasteiger partial charge in [-0.05, 0) is 99.6 Å². The molecule has 3 aromatic heterocycles. The molecule has 3 amide bonds. The second-order valence-corrected chi connectivity index (χ2v) is 25.3. The van der Waals surface area contributed by atoms with Gasteiger partial charge in [-0.2, -0.15) is 15.2 Å². The number of aromatic nitrogens is 3. The van der Waals surface area contributed by atoms with Crippen molar-refractivity contribution >= 4 is 83.8 Å². The fourth-order valence-electron chi connectivity index (χ4n) is 12.0. The molecule has 7 atom stereocenters. The molecule has 6 aromatic rings. The van der Waals surface area contributed by atoms with Crippen LogP contribution in [0.3, 0.4) is 0 Å². The maximum atomic E-state index is 17.4. The predicted octanol–water partition coefficient (Wildman–Crippen LogP) is 8.84.